The number of allylic oxidation sites excluding steroid dienone is 1. The van der Waals surface area contributed by atoms with Crippen molar-refractivity contribution in [1.29, 1.82) is 0 Å². The van der Waals surface area contributed by atoms with E-state index in [2.05, 4.69) is 34.3 Å². The van der Waals surface area contributed by atoms with Crippen molar-refractivity contribution in [2.75, 3.05) is 0 Å². The van der Waals surface area contributed by atoms with Crippen LogP contribution in [-0.4, -0.2) is 0 Å². The molecule has 60 valence electrons. The molecule has 0 aromatic carbocycles. The second-order valence-corrected chi connectivity index (χ2v) is 3.19. The van der Waals surface area contributed by atoms with E-state index in [0.717, 1.165) is 0 Å². The first-order chi connectivity index (χ1) is 4.63. The van der Waals surface area contributed by atoms with E-state index in [1.54, 1.807) is 0 Å². The van der Waals surface area contributed by atoms with Gasteiger partial charge in [0.25, 0.3) is 0 Å². The number of rotatable bonds is 4. The molecule has 0 heterocycles. The molecule has 0 saturated heterocycles. The van der Waals surface area contributed by atoms with Crippen molar-refractivity contribution in [3.63, 3.8) is 0 Å². The summed E-state index contributed by atoms with van der Waals surface area (Å²) >= 11 is 0. The van der Waals surface area contributed by atoms with E-state index >= 15 is 0 Å². The summed E-state index contributed by atoms with van der Waals surface area (Å²) in [6, 6.07) is 0. The van der Waals surface area contributed by atoms with Gasteiger partial charge in [-0.05, 0) is 24.7 Å². The highest BCUT2D eigenvalue weighted by Gasteiger charge is 2.09. The summed E-state index contributed by atoms with van der Waals surface area (Å²) in [7, 11) is 0. The van der Waals surface area contributed by atoms with Gasteiger partial charge < -0.3 is 0 Å². The smallest absolute Gasteiger partial charge is 0.0234 e. The lowest BCUT2D eigenvalue weighted by Crippen LogP contribution is -2.05. The SMILES string of the molecule is C=C(C(C)CC)[C@@H](C)CC. The van der Waals surface area contributed by atoms with Gasteiger partial charge in [0.2, 0.25) is 0 Å². The Bertz CT molecular complexity index is 90.6. The minimum atomic E-state index is 0.704. The van der Waals surface area contributed by atoms with E-state index in [-0.39, 0.29) is 0 Å². The highest BCUT2D eigenvalue weighted by Crippen LogP contribution is 2.22. The third kappa shape index (κ3) is 2.55. The van der Waals surface area contributed by atoms with E-state index < -0.39 is 0 Å². The van der Waals surface area contributed by atoms with E-state index in [9.17, 15) is 0 Å². The van der Waals surface area contributed by atoms with Gasteiger partial charge in [0.15, 0.2) is 0 Å². The van der Waals surface area contributed by atoms with Crippen molar-refractivity contribution in [3.05, 3.63) is 12.2 Å². The van der Waals surface area contributed by atoms with Gasteiger partial charge in [0, 0.05) is 0 Å². The molecule has 0 aromatic rings. The molecule has 0 aliphatic rings. The number of hydrogen-bond donors (Lipinski definition) is 0. The predicted molar refractivity (Wildman–Crippen MR) is 48.1 cm³/mol. The molecule has 2 atom stereocenters. The molecule has 0 amide bonds. The van der Waals surface area contributed by atoms with Gasteiger partial charge in [0.1, 0.15) is 0 Å². The molecule has 10 heavy (non-hydrogen) atoms. The highest BCUT2D eigenvalue weighted by atomic mass is 14.1. The van der Waals surface area contributed by atoms with Crippen molar-refractivity contribution in [2.45, 2.75) is 40.5 Å². The summed E-state index contributed by atoms with van der Waals surface area (Å²) in [6.45, 7) is 13.1. The third-order valence-corrected chi connectivity index (χ3v) is 2.49. The van der Waals surface area contributed by atoms with Crippen LogP contribution in [0.3, 0.4) is 0 Å². The topological polar surface area (TPSA) is 0 Å². The van der Waals surface area contributed by atoms with Crippen molar-refractivity contribution < 1.29 is 0 Å². The van der Waals surface area contributed by atoms with E-state index in [1.165, 1.54) is 18.4 Å². The van der Waals surface area contributed by atoms with Crippen LogP contribution in [-0.2, 0) is 0 Å². The molecule has 0 spiro atoms. The molecule has 0 aliphatic heterocycles. The van der Waals surface area contributed by atoms with Gasteiger partial charge in [-0.1, -0.05) is 39.8 Å². The van der Waals surface area contributed by atoms with Crippen LogP contribution in [0.15, 0.2) is 12.2 Å². The fourth-order valence-corrected chi connectivity index (χ4v) is 1.01. The van der Waals surface area contributed by atoms with Crippen LogP contribution in [0.1, 0.15) is 40.5 Å². The normalized spacial score (nSPS) is 16.4. The molecule has 0 aromatic heterocycles. The van der Waals surface area contributed by atoms with Gasteiger partial charge in [-0.2, -0.15) is 0 Å². The predicted octanol–water partition coefficient (Wildman–Crippen LogP) is 3.63. The summed E-state index contributed by atoms with van der Waals surface area (Å²) in [5, 5.41) is 0. The Morgan fingerprint density at radius 1 is 1.10 bits per heavy atom. The molecule has 1 unspecified atom stereocenters. The van der Waals surface area contributed by atoms with Gasteiger partial charge in [-0.15, -0.1) is 0 Å². The van der Waals surface area contributed by atoms with Crippen LogP contribution in [0.5, 0.6) is 0 Å². The molecule has 0 radical (unpaired) electrons. The zero-order valence-corrected chi connectivity index (χ0v) is 7.78. The zero-order chi connectivity index (χ0) is 8.15. The van der Waals surface area contributed by atoms with Crippen LogP contribution in [0.25, 0.3) is 0 Å². The van der Waals surface area contributed by atoms with Gasteiger partial charge >= 0.3 is 0 Å². The Kier molecular flexibility index (Phi) is 4.42. The van der Waals surface area contributed by atoms with E-state index in [4.69, 9.17) is 0 Å². The molecule has 0 rings (SSSR count). The Labute approximate surface area is 65.3 Å². The van der Waals surface area contributed by atoms with Gasteiger partial charge in [-0.3, -0.25) is 0 Å². The molecule has 0 fully saturated rings. The average Bonchev–Trinajstić information content (AvgIpc) is 2.00. The average molecular weight is 140 g/mol. The first-order valence-electron chi connectivity index (χ1n) is 4.32. The van der Waals surface area contributed by atoms with Crippen LogP contribution in [0, 0.1) is 11.8 Å². The maximum atomic E-state index is 4.10. The van der Waals surface area contributed by atoms with Crippen molar-refractivity contribution in [1.82, 2.24) is 0 Å². The maximum Gasteiger partial charge on any atom is -0.0234 e. The largest absolute Gasteiger partial charge is 0.0993 e. The summed E-state index contributed by atoms with van der Waals surface area (Å²) in [6.07, 6.45) is 2.45. The monoisotopic (exact) mass is 140 g/mol. The molecule has 0 N–H and O–H groups in total. The summed E-state index contributed by atoms with van der Waals surface area (Å²) in [5.41, 5.74) is 1.42. The lowest BCUT2D eigenvalue weighted by atomic mass is 9.88. The maximum absolute atomic E-state index is 4.10. The molecular weight excluding hydrogens is 120 g/mol. The first kappa shape index (κ1) is 9.74. The van der Waals surface area contributed by atoms with Crippen LogP contribution in [0.2, 0.25) is 0 Å². The second kappa shape index (κ2) is 4.54. The summed E-state index contributed by atoms with van der Waals surface area (Å²) < 4.78 is 0. The highest BCUT2D eigenvalue weighted by molar-refractivity contribution is 5.02. The molecule has 0 saturated carbocycles. The Morgan fingerprint density at radius 3 is 1.60 bits per heavy atom. The number of hydrogen-bond acceptors (Lipinski definition) is 0. The molecule has 0 nitrogen and oxygen atoms in total. The lowest BCUT2D eigenvalue weighted by molar-refractivity contribution is 0.533. The Hall–Kier alpha value is -0.260. The van der Waals surface area contributed by atoms with E-state index in [1.807, 2.05) is 0 Å². The minimum absolute atomic E-state index is 0.704. The fourth-order valence-electron chi connectivity index (χ4n) is 1.01. The van der Waals surface area contributed by atoms with E-state index in [0.29, 0.717) is 11.8 Å². The van der Waals surface area contributed by atoms with Crippen molar-refractivity contribution >= 4 is 0 Å². The second-order valence-electron chi connectivity index (χ2n) is 3.19. The molecule has 0 heteroatoms. The summed E-state index contributed by atoms with van der Waals surface area (Å²) in [4.78, 5) is 0. The quantitative estimate of drug-likeness (QED) is 0.523. The van der Waals surface area contributed by atoms with Gasteiger partial charge in [0.05, 0.1) is 0 Å². The van der Waals surface area contributed by atoms with Crippen molar-refractivity contribution in [2.24, 2.45) is 11.8 Å². The fraction of sp³-hybridized carbons (Fsp3) is 0.800. The summed E-state index contributed by atoms with van der Waals surface area (Å²) in [5.74, 6) is 1.41. The molecule has 0 aliphatic carbocycles. The minimum Gasteiger partial charge on any atom is -0.0993 e. The lowest BCUT2D eigenvalue weighted by Gasteiger charge is -2.17. The molecule has 0 bridgehead atoms. The molecular formula is C10H20. The zero-order valence-electron chi connectivity index (χ0n) is 7.78. The van der Waals surface area contributed by atoms with Crippen LogP contribution < -0.4 is 0 Å². The van der Waals surface area contributed by atoms with Crippen LogP contribution in [0.4, 0.5) is 0 Å². The first-order valence-corrected chi connectivity index (χ1v) is 4.32. The van der Waals surface area contributed by atoms with Gasteiger partial charge in [-0.25, -0.2) is 0 Å². The standard InChI is InChI=1S/C10H20/c1-6-8(3)10(5)9(4)7-2/h8-9H,5-7H2,1-4H3/t8-,9?/m0/s1. The Balaban J connectivity index is 3.82. The van der Waals surface area contributed by atoms with Crippen LogP contribution >= 0.6 is 0 Å². The van der Waals surface area contributed by atoms with Crippen molar-refractivity contribution in [3.8, 4) is 0 Å². The third-order valence-electron chi connectivity index (χ3n) is 2.49. The Morgan fingerprint density at radius 2 is 1.40 bits per heavy atom.